The van der Waals surface area contributed by atoms with Crippen LogP contribution in [0.4, 0.5) is 4.39 Å². The van der Waals surface area contributed by atoms with E-state index in [1.807, 2.05) is 30.3 Å². The Hall–Kier alpha value is -6.75. The van der Waals surface area contributed by atoms with E-state index in [2.05, 4.69) is 160 Å². The first-order valence-corrected chi connectivity index (χ1v) is 25.9. The fourth-order valence-corrected chi connectivity index (χ4v) is 9.76. The molecule has 0 saturated heterocycles. The Morgan fingerprint density at radius 2 is 1.46 bits per heavy atom. The van der Waals surface area contributed by atoms with E-state index in [-0.39, 0.29) is 48.8 Å². The van der Waals surface area contributed by atoms with Gasteiger partial charge in [0.1, 0.15) is 5.58 Å². The molecule has 10 rings (SSSR count). The number of nitrogens with zero attached hydrogens (tertiary/aromatic N) is 4. The fourth-order valence-electron chi connectivity index (χ4n) is 8.59. The van der Waals surface area contributed by atoms with Crippen LogP contribution in [0.2, 0.25) is 19.6 Å². The fraction of sp³-hybridized carbons (Fsp3) is 0.183. The van der Waals surface area contributed by atoms with Crippen molar-refractivity contribution in [1.82, 2.24) is 14.5 Å². The van der Waals surface area contributed by atoms with Gasteiger partial charge in [-0.05, 0) is 113 Å². The van der Waals surface area contributed by atoms with Crippen molar-refractivity contribution in [1.29, 1.82) is 5.26 Å². The number of benzene rings is 7. The Labute approximate surface area is 422 Å². The van der Waals surface area contributed by atoms with Gasteiger partial charge in [0.2, 0.25) is 0 Å². The van der Waals surface area contributed by atoms with Crippen LogP contribution < -0.4 is 5.19 Å². The van der Waals surface area contributed by atoms with Crippen LogP contribution in [0.3, 0.4) is 0 Å². The minimum absolute atomic E-state index is 0. The molecule has 10 aromatic rings. The van der Waals surface area contributed by atoms with E-state index in [1.54, 1.807) is 0 Å². The average molecular weight is 1090 g/mol. The molecule has 0 saturated carbocycles. The molecule has 5 nitrogen and oxygen atoms in total. The van der Waals surface area contributed by atoms with E-state index < -0.39 is 27.6 Å². The zero-order chi connectivity index (χ0) is 52.1. The molecule has 8 heteroatoms. The zero-order valence-corrected chi connectivity index (χ0v) is 42.3. The standard InChI is InChI=1S/C47H42N3OSi.C13H11FN.Ir/c1-29(2)40-25-35(32-18-21-36(22-19-32)52(5,6)7)26-41(30(3)4)45(40)50-43-17-9-8-16-42(43)49-47(50)39-15-11-14-38-37-23-20-34(27-44(37)51-46(38)39)33-13-10-12-31(24-33)28-48;1-9-7-13(15-8-10(9)2)11-3-5-12(14)6-4-11;/h8-14,16-27,29-30H,1-7H3;3,5-8H,1-2H3;/q2*-1;/i;1D3,2D3;. The summed E-state index contributed by atoms with van der Waals surface area (Å²) in [4.78, 5) is 9.28. The summed E-state index contributed by atoms with van der Waals surface area (Å²) >= 11 is 0. The molecular weight excluding hydrogens is 1030 g/mol. The number of hydrogen-bond donors (Lipinski definition) is 0. The number of pyridine rings is 1. The summed E-state index contributed by atoms with van der Waals surface area (Å²) in [5.74, 6) is 0.844. The van der Waals surface area contributed by atoms with Crippen molar-refractivity contribution in [2.24, 2.45) is 0 Å². The molecule has 7 aromatic carbocycles. The molecule has 0 N–H and O–H groups in total. The molecule has 0 aliphatic carbocycles. The van der Waals surface area contributed by atoms with Gasteiger partial charge in [0.15, 0.2) is 0 Å². The predicted octanol–water partition coefficient (Wildman–Crippen LogP) is 15.7. The maximum Gasteiger partial charge on any atom is 0.121 e. The maximum absolute atomic E-state index is 12.9. The monoisotopic (exact) mass is 1090 g/mol. The summed E-state index contributed by atoms with van der Waals surface area (Å²) in [6.45, 7) is 11.2. The summed E-state index contributed by atoms with van der Waals surface area (Å²) in [6.07, 6.45) is 1.03. The summed E-state index contributed by atoms with van der Waals surface area (Å²) in [5.41, 5.74) is 13.2. The minimum Gasteiger partial charge on any atom is -0.501 e. The summed E-state index contributed by atoms with van der Waals surface area (Å²) in [5, 5.41) is 13.0. The quantitative estimate of drug-likeness (QED) is 0.112. The Morgan fingerprint density at radius 1 is 0.735 bits per heavy atom. The van der Waals surface area contributed by atoms with Gasteiger partial charge in [-0.1, -0.05) is 136 Å². The van der Waals surface area contributed by atoms with Gasteiger partial charge in [0.05, 0.1) is 42.1 Å². The molecule has 0 atom stereocenters. The molecular formula is C60H53FIrN4OSi-2. The van der Waals surface area contributed by atoms with Crippen molar-refractivity contribution in [2.45, 2.75) is 72.9 Å². The first-order valence-electron chi connectivity index (χ1n) is 25.4. The van der Waals surface area contributed by atoms with Crippen molar-refractivity contribution in [2.75, 3.05) is 0 Å². The van der Waals surface area contributed by atoms with Crippen LogP contribution in [0.1, 0.15) is 75.6 Å². The largest absolute Gasteiger partial charge is 0.501 e. The van der Waals surface area contributed by atoms with Crippen LogP contribution in [-0.4, -0.2) is 22.6 Å². The van der Waals surface area contributed by atoms with E-state index >= 15 is 0 Å². The van der Waals surface area contributed by atoms with E-state index in [0.717, 1.165) is 67.7 Å². The Kier molecular flexibility index (Phi) is 11.5. The summed E-state index contributed by atoms with van der Waals surface area (Å²) in [7, 11) is -1.41. The average Bonchev–Trinajstić information content (AvgIpc) is 3.94. The number of nitriles is 1. The molecule has 0 bridgehead atoms. The molecule has 0 aliphatic heterocycles. The van der Waals surface area contributed by atoms with E-state index in [9.17, 15) is 9.65 Å². The van der Waals surface area contributed by atoms with E-state index in [0.29, 0.717) is 11.1 Å². The topological polar surface area (TPSA) is 67.6 Å². The molecule has 0 amide bonds. The first kappa shape index (κ1) is 40.3. The van der Waals surface area contributed by atoms with E-state index in [1.165, 1.54) is 51.3 Å². The summed E-state index contributed by atoms with van der Waals surface area (Å²) in [6, 6.07) is 53.8. The third kappa shape index (κ3) is 9.40. The maximum atomic E-state index is 12.9. The molecule has 0 aliphatic rings. The van der Waals surface area contributed by atoms with Gasteiger partial charge in [0, 0.05) is 51.4 Å². The van der Waals surface area contributed by atoms with Gasteiger partial charge in [0.25, 0.3) is 0 Å². The molecule has 0 unspecified atom stereocenters. The number of para-hydroxylation sites is 2. The van der Waals surface area contributed by atoms with Gasteiger partial charge >= 0.3 is 0 Å². The molecule has 0 spiro atoms. The third-order valence-corrected chi connectivity index (χ3v) is 14.3. The second-order valence-electron chi connectivity index (χ2n) is 18.5. The number of aromatic nitrogens is 3. The predicted molar refractivity (Wildman–Crippen MR) is 277 cm³/mol. The van der Waals surface area contributed by atoms with Crippen LogP contribution in [0, 0.1) is 43.0 Å². The molecule has 341 valence electrons. The number of rotatable bonds is 8. The summed E-state index contributed by atoms with van der Waals surface area (Å²) < 4.78 is 66.6. The SMILES string of the molecule is CC(C)c1cc(-c2ccc([Si](C)(C)C)cc2)cc(C(C)C)c1-n1c(-c2[c-]ccc3c2oc2cc(-c4cccc(C#N)c4)ccc23)nc2ccccc21.[2H]C([2H])([2H])c1cnc(-c2[c-]cc(F)cc2)cc1C([2H])([2H])[2H].[Ir]. The van der Waals surface area contributed by atoms with Crippen molar-refractivity contribution in [3.05, 3.63) is 191 Å². The van der Waals surface area contributed by atoms with Crippen molar-refractivity contribution >= 4 is 46.2 Å². The second kappa shape index (κ2) is 19.5. The normalized spacial score (nSPS) is 13.2. The van der Waals surface area contributed by atoms with Crippen molar-refractivity contribution < 1.29 is 37.1 Å². The van der Waals surface area contributed by atoms with Crippen LogP contribution in [0.15, 0.2) is 150 Å². The van der Waals surface area contributed by atoms with Crippen molar-refractivity contribution in [3.8, 4) is 56.7 Å². The van der Waals surface area contributed by atoms with Crippen LogP contribution in [-0.2, 0) is 20.1 Å². The van der Waals surface area contributed by atoms with Gasteiger partial charge in [-0.2, -0.15) is 5.26 Å². The van der Waals surface area contributed by atoms with Gasteiger partial charge in [-0.3, -0.25) is 9.37 Å². The Balaban J connectivity index is 0.000000279. The molecule has 3 heterocycles. The van der Waals surface area contributed by atoms with Gasteiger partial charge in [-0.25, -0.2) is 0 Å². The number of aryl methyl sites for hydroxylation is 2. The molecule has 1 radical (unpaired) electrons. The Morgan fingerprint density at radius 3 is 2.13 bits per heavy atom. The number of hydrogen-bond acceptors (Lipinski definition) is 4. The van der Waals surface area contributed by atoms with Gasteiger partial charge < -0.3 is 14.0 Å². The zero-order valence-electron chi connectivity index (χ0n) is 44.9. The number of halogens is 1. The number of fused-ring (bicyclic) bond motifs is 4. The minimum atomic E-state index is -2.58. The molecule has 68 heavy (non-hydrogen) atoms. The number of furan rings is 1. The molecule has 0 fully saturated rings. The van der Waals surface area contributed by atoms with Crippen LogP contribution in [0.5, 0.6) is 0 Å². The van der Waals surface area contributed by atoms with Crippen molar-refractivity contribution in [3.63, 3.8) is 0 Å². The van der Waals surface area contributed by atoms with Crippen LogP contribution >= 0.6 is 0 Å². The Bertz CT molecular complexity index is 3710. The second-order valence-corrected chi connectivity index (χ2v) is 23.6. The molecule has 3 aromatic heterocycles. The van der Waals surface area contributed by atoms with Gasteiger partial charge in [-0.15, -0.1) is 48.0 Å². The van der Waals surface area contributed by atoms with E-state index in [4.69, 9.17) is 17.6 Å². The number of imidazole rings is 1. The van der Waals surface area contributed by atoms with Crippen LogP contribution in [0.25, 0.3) is 83.6 Å². The smallest absolute Gasteiger partial charge is 0.121 e. The first-order chi connectivity index (χ1) is 34.6. The third-order valence-electron chi connectivity index (χ3n) is 12.2.